The summed E-state index contributed by atoms with van der Waals surface area (Å²) in [5.74, 6) is 0.0548. The van der Waals surface area contributed by atoms with E-state index in [1.807, 2.05) is 6.92 Å². The first kappa shape index (κ1) is 17.0. The average Bonchev–Trinajstić information content (AvgIpc) is 2.98. The highest BCUT2D eigenvalue weighted by molar-refractivity contribution is 7.73. The van der Waals surface area contributed by atoms with Gasteiger partial charge in [-0.1, -0.05) is 18.3 Å². The molecule has 3 rings (SSSR count). The summed E-state index contributed by atoms with van der Waals surface area (Å²) in [6.45, 7) is 1.86. The lowest BCUT2D eigenvalue weighted by atomic mass is 9.71. The van der Waals surface area contributed by atoms with Crippen LogP contribution in [0.1, 0.15) is 24.3 Å². The topological polar surface area (TPSA) is 115 Å². The SMILES string of the molecule is COC1=NC2CC([N+](=O)[O-])C(C)C(c3n[nH]c(=S)s3)C2N=C1OC. The van der Waals surface area contributed by atoms with Crippen molar-refractivity contribution in [1.29, 1.82) is 0 Å². The summed E-state index contributed by atoms with van der Waals surface area (Å²) in [7, 11) is 2.97. The van der Waals surface area contributed by atoms with Gasteiger partial charge in [0, 0.05) is 23.2 Å². The van der Waals surface area contributed by atoms with Crippen molar-refractivity contribution in [3.05, 3.63) is 19.1 Å². The summed E-state index contributed by atoms with van der Waals surface area (Å²) in [6.07, 6.45) is 0.304. The maximum Gasteiger partial charge on any atom is 0.273 e. The molecule has 1 N–H and O–H groups in total. The Labute approximate surface area is 147 Å². The molecular formula is C13H17N5O4S2. The van der Waals surface area contributed by atoms with Gasteiger partial charge in [0.2, 0.25) is 6.04 Å². The van der Waals surface area contributed by atoms with Crippen LogP contribution in [-0.2, 0) is 9.47 Å². The van der Waals surface area contributed by atoms with Gasteiger partial charge in [0.05, 0.1) is 26.3 Å². The molecule has 1 aliphatic heterocycles. The molecule has 11 heteroatoms. The Morgan fingerprint density at radius 2 is 2.00 bits per heavy atom. The highest BCUT2D eigenvalue weighted by atomic mass is 32.1. The number of nitrogens with zero attached hydrogens (tertiary/aromatic N) is 4. The lowest BCUT2D eigenvalue weighted by Crippen LogP contribution is -2.51. The normalized spacial score (nSPS) is 32.4. The van der Waals surface area contributed by atoms with E-state index >= 15 is 0 Å². The molecule has 0 aromatic carbocycles. The summed E-state index contributed by atoms with van der Waals surface area (Å²) >= 11 is 6.43. The van der Waals surface area contributed by atoms with Gasteiger partial charge in [-0.2, -0.15) is 5.10 Å². The summed E-state index contributed by atoms with van der Waals surface area (Å²) in [4.78, 5) is 20.4. The smallest absolute Gasteiger partial charge is 0.273 e. The Morgan fingerprint density at radius 1 is 1.33 bits per heavy atom. The van der Waals surface area contributed by atoms with Crippen LogP contribution in [0.2, 0.25) is 0 Å². The molecule has 0 radical (unpaired) electrons. The van der Waals surface area contributed by atoms with Crippen molar-refractivity contribution in [1.82, 2.24) is 10.2 Å². The third-order valence-electron chi connectivity index (χ3n) is 4.55. The standard InChI is InChI=1S/C13H17N5O4S2/c1-5-7(18(19)20)4-6-9(8(5)12-16-17-13(23)24-12)15-11(22-3)10(14-6)21-2/h5-9H,4H2,1-3H3,(H,17,23). The Morgan fingerprint density at radius 3 is 2.54 bits per heavy atom. The highest BCUT2D eigenvalue weighted by Crippen LogP contribution is 2.43. The number of methoxy groups -OCH3 is 2. The van der Waals surface area contributed by atoms with E-state index in [2.05, 4.69) is 20.2 Å². The number of rotatable bonds is 2. The largest absolute Gasteiger partial charge is 0.477 e. The number of aromatic amines is 1. The number of nitro groups is 1. The lowest BCUT2D eigenvalue weighted by molar-refractivity contribution is -0.536. The van der Waals surface area contributed by atoms with Gasteiger partial charge in [0.25, 0.3) is 11.8 Å². The van der Waals surface area contributed by atoms with E-state index in [0.29, 0.717) is 21.3 Å². The van der Waals surface area contributed by atoms with Crippen molar-refractivity contribution in [3.8, 4) is 0 Å². The summed E-state index contributed by atoms with van der Waals surface area (Å²) in [5, 5.41) is 19.2. The second kappa shape index (κ2) is 6.55. The molecule has 1 saturated carbocycles. The fourth-order valence-electron chi connectivity index (χ4n) is 3.40. The molecule has 1 aromatic heterocycles. The lowest BCUT2D eigenvalue weighted by Gasteiger charge is -2.39. The second-order valence-electron chi connectivity index (χ2n) is 5.76. The molecule has 0 saturated heterocycles. The molecule has 24 heavy (non-hydrogen) atoms. The van der Waals surface area contributed by atoms with Crippen LogP contribution in [0.3, 0.4) is 0 Å². The Hall–Kier alpha value is -1.88. The first-order valence-electron chi connectivity index (χ1n) is 7.39. The van der Waals surface area contributed by atoms with E-state index < -0.39 is 6.04 Å². The van der Waals surface area contributed by atoms with Gasteiger partial charge < -0.3 is 9.47 Å². The number of H-pyrrole nitrogens is 1. The van der Waals surface area contributed by atoms with Crippen LogP contribution in [0.4, 0.5) is 0 Å². The summed E-state index contributed by atoms with van der Waals surface area (Å²) < 4.78 is 11.0. The van der Waals surface area contributed by atoms with Crippen LogP contribution >= 0.6 is 23.6 Å². The van der Waals surface area contributed by atoms with E-state index in [9.17, 15) is 10.1 Å². The van der Waals surface area contributed by atoms with Gasteiger partial charge in [-0.3, -0.25) is 15.2 Å². The summed E-state index contributed by atoms with van der Waals surface area (Å²) in [6, 6.07) is -1.37. The number of nitrogens with one attached hydrogen (secondary N) is 1. The molecule has 2 aliphatic rings. The van der Waals surface area contributed by atoms with Crippen molar-refractivity contribution < 1.29 is 14.4 Å². The zero-order valence-electron chi connectivity index (χ0n) is 13.3. The van der Waals surface area contributed by atoms with Crippen molar-refractivity contribution in [3.63, 3.8) is 0 Å². The molecular weight excluding hydrogens is 354 g/mol. The first-order valence-corrected chi connectivity index (χ1v) is 8.61. The number of aliphatic imine (C=N–C) groups is 2. The van der Waals surface area contributed by atoms with Gasteiger partial charge in [-0.15, -0.1) is 0 Å². The van der Waals surface area contributed by atoms with Gasteiger partial charge in [-0.05, 0) is 12.2 Å². The van der Waals surface area contributed by atoms with Crippen LogP contribution in [0.5, 0.6) is 0 Å². The maximum absolute atomic E-state index is 11.5. The predicted molar refractivity (Wildman–Crippen MR) is 91.1 cm³/mol. The Kier molecular flexibility index (Phi) is 4.63. The molecule has 9 nitrogen and oxygen atoms in total. The minimum atomic E-state index is -0.727. The molecule has 0 bridgehead atoms. The average molecular weight is 371 g/mol. The predicted octanol–water partition coefficient (Wildman–Crippen LogP) is 1.81. The monoisotopic (exact) mass is 371 g/mol. The fraction of sp³-hybridized carbons (Fsp3) is 0.692. The van der Waals surface area contributed by atoms with Crippen LogP contribution < -0.4 is 0 Å². The van der Waals surface area contributed by atoms with Crippen molar-refractivity contribution >= 4 is 35.4 Å². The molecule has 0 amide bonds. The van der Waals surface area contributed by atoms with Crippen molar-refractivity contribution in [2.75, 3.05) is 14.2 Å². The van der Waals surface area contributed by atoms with Gasteiger partial charge in [0.1, 0.15) is 5.01 Å². The quantitative estimate of drug-likeness (QED) is 0.482. The third kappa shape index (κ3) is 2.81. The molecule has 5 atom stereocenters. The third-order valence-corrected chi connectivity index (χ3v) is 5.74. The minimum Gasteiger partial charge on any atom is -0.477 e. The molecule has 130 valence electrons. The van der Waals surface area contributed by atoms with Gasteiger partial charge in [-0.25, -0.2) is 9.98 Å². The van der Waals surface area contributed by atoms with Crippen LogP contribution in [0.25, 0.3) is 0 Å². The highest BCUT2D eigenvalue weighted by Gasteiger charge is 2.51. The fourth-order valence-corrected chi connectivity index (χ4v) is 4.56. The van der Waals surface area contributed by atoms with E-state index in [0.717, 1.165) is 0 Å². The second-order valence-corrected chi connectivity index (χ2v) is 7.46. The molecule has 5 unspecified atom stereocenters. The van der Waals surface area contributed by atoms with Crippen molar-refractivity contribution in [2.45, 2.75) is 37.4 Å². The minimum absolute atomic E-state index is 0.239. The number of hydrogen-bond acceptors (Lipinski definition) is 9. The Bertz CT molecular complexity index is 758. The summed E-state index contributed by atoms with van der Waals surface area (Å²) in [5.41, 5.74) is 0. The number of hydrogen-bond donors (Lipinski definition) is 1. The zero-order chi connectivity index (χ0) is 17.4. The van der Waals surface area contributed by atoms with Crippen LogP contribution in [0.15, 0.2) is 9.98 Å². The Balaban J connectivity index is 2.07. The van der Waals surface area contributed by atoms with E-state index in [1.165, 1.54) is 25.6 Å². The van der Waals surface area contributed by atoms with E-state index in [-0.39, 0.29) is 34.7 Å². The van der Waals surface area contributed by atoms with Crippen LogP contribution in [0, 0.1) is 20.0 Å². The number of fused-ring (bicyclic) bond motifs is 1. The first-order chi connectivity index (χ1) is 11.5. The number of aromatic nitrogens is 2. The van der Waals surface area contributed by atoms with E-state index in [1.54, 1.807) is 0 Å². The number of ether oxygens (including phenoxy) is 2. The molecule has 0 spiro atoms. The van der Waals surface area contributed by atoms with Crippen molar-refractivity contribution in [2.24, 2.45) is 15.9 Å². The molecule has 1 aliphatic carbocycles. The van der Waals surface area contributed by atoms with Gasteiger partial charge in [0.15, 0.2) is 3.95 Å². The van der Waals surface area contributed by atoms with Gasteiger partial charge >= 0.3 is 0 Å². The molecule has 2 heterocycles. The van der Waals surface area contributed by atoms with E-state index in [4.69, 9.17) is 21.7 Å². The zero-order valence-corrected chi connectivity index (χ0v) is 15.0. The molecule has 1 aromatic rings. The molecule has 1 fully saturated rings. The maximum atomic E-state index is 11.5. The van der Waals surface area contributed by atoms with Crippen LogP contribution in [-0.4, -0.2) is 59.3 Å².